The maximum absolute atomic E-state index is 12.7. The lowest BCUT2D eigenvalue weighted by Gasteiger charge is -2.30. The van der Waals surface area contributed by atoms with Crippen molar-refractivity contribution < 1.29 is 9.59 Å². The summed E-state index contributed by atoms with van der Waals surface area (Å²) < 4.78 is 0. The van der Waals surface area contributed by atoms with Crippen LogP contribution < -0.4 is 5.73 Å². The number of imide groups is 1. The van der Waals surface area contributed by atoms with Crippen LogP contribution in [0.1, 0.15) is 52.8 Å². The monoisotopic (exact) mass is 580 g/mol. The number of thioether (sulfide) groups is 2. The fourth-order valence-corrected chi connectivity index (χ4v) is 9.27. The number of fused-ring (bicyclic) bond motifs is 4. The predicted octanol–water partition coefficient (Wildman–Crippen LogP) is 6.78. The Hall–Kier alpha value is -3.66. The van der Waals surface area contributed by atoms with Crippen LogP contribution in [0.5, 0.6) is 0 Å². The molecule has 0 unspecified atom stereocenters. The Bertz CT molecular complexity index is 1720. The first-order chi connectivity index (χ1) is 19.6. The fraction of sp³-hybridized carbons (Fsp3) is 0.161. The first kappa shape index (κ1) is 25.3. The summed E-state index contributed by atoms with van der Waals surface area (Å²) in [5.74, 6) is 0.470. The van der Waals surface area contributed by atoms with Gasteiger partial charge in [-0.15, -0.1) is 23.1 Å². The minimum atomic E-state index is -0.250. The molecule has 0 saturated carbocycles. The van der Waals surface area contributed by atoms with Gasteiger partial charge in [0.15, 0.2) is 5.16 Å². The summed E-state index contributed by atoms with van der Waals surface area (Å²) in [6.45, 7) is 0.282. The van der Waals surface area contributed by atoms with E-state index in [0.29, 0.717) is 33.1 Å². The standard InChI is InChI=1S/C31H24N4O2S3/c32-27-24-22-17-23(18-9-3-1-4-10-18)39-25(19-11-5-2-6-12-19)26(22)40-28(24)34-31(33-27)38-16-15-35-29(36)20-13-7-8-14-21(20)30(35)37/h1-14,23,25H,15-17H2,(H2,32,33,34)/t23-,25-/m0/s1. The molecule has 3 aromatic carbocycles. The summed E-state index contributed by atoms with van der Waals surface area (Å²) >= 11 is 5.08. The number of hydrogen-bond donors (Lipinski definition) is 1. The summed E-state index contributed by atoms with van der Waals surface area (Å²) in [7, 11) is 0. The molecule has 0 saturated heterocycles. The van der Waals surface area contributed by atoms with Gasteiger partial charge in [-0.3, -0.25) is 14.5 Å². The van der Waals surface area contributed by atoms with Crippen molar-refractivity contribution in [2.75, 3.05) is 18.0 Å². The smallest absolute Gasteiger partial charge is 0.261 e. The van der Waals surface area contributed by atoms with Gasteiger partial charge in [-0.1, -0.05) is 84.6 Å². The van der Waals surface area contributed by atoms with Gasteiger partial charge in [0, 0.05) is 22.4 Å². The van der Waals surface area contributed by atoms with Crippen molar-refractivity contribution in [3.8, 4) is 0 Å². The Morgan fingerprint density at radius 1 is 0.850 bits per heavy atom. The van der Waals surface area contributed by atoms with Crippen molar-refractivity contribution in [1.82, 2.24) is 14.9 Å². The molecule has 9 heteroatoms. The lowest BCUT2D eigenvalue weighted by atomic mass is 9.98. The summed E-state index contributed by atoms with van der Waals surface area (Å²) in [5.41, 5.74) is 11.3. The Morgan fingerprint density at radius 2 is 1.48 bits per heavy atom. The molecule has 4 heterocycles. The predicted molar refractivity (Wildman–Crippen MR) is 163 cm³/mol. The van der Waals surface area contributed by atoms with E-state index in [-0.39, 0.29) is 23.6 Å². The van der Waals surface area contributed by atoms with E-state index in [1.54, 1.807) is 35.6 Å². The maximum Gasteiger partial charge on any atom is 0.261 e. The number of nitrogen functional groups attached to an aromatic ring is 1. The van der Waals surface area contributed by atoms with Crippen LogP contribution in [-0.4, -0.2) is 39.0 Å². The van der Waals surface area contributed by atoms with Crippen molar-refractivity contribution >= 4 is 62.7 Å². The lowest BCUT2D eigenvalue weighted by Crippen LogP contribution is -2.31. The van der Waals surface area contributed by atoms with Gasteiger partial charge in [0.2, 0.25) is 0 Å². The van der Waals surface area contributed by atoms with Crippen molar-refractivity contribution in [1.29, 1.82) is 0 Å². The van der Waals surface area contributed by atoms with Crippen molar-refractivity contribution in [3.63, 3.8) is 0 Å². The average molecular weight is 581 g/mol. The highest BCUT2D eigenvalue weighted by molar-refractivity contribution is 8.00. The largest absolute Gasteiger partial charge is 0.383 e. The van der Waals surface area contributed by atoms with Gasteiger partial charge >= 0.3 is 0 Å². The second-order valence-corrected chi connectivity index (χ2v) is 13.1. The van der Waals surface area contributed by atoms with Crippen LogP contribution in [0.15, 0.2) is 90.1 Å². The molecule has 2 amide bonds. The normalized spacial score (nSPS) is 18.2. The summed E-state index contributed by atoms with van der Waals surface area (Å²) in [6, 6.07) is 28.2. The van der Waals surface area contributed by atoms with Crippen molar-refractivity contribution in [2.45, 2.75) is 22.1 Å². The number of benzene rings is 3. The molecule has 6 nitrogen and oxygen atoms in total. The number of nitrogens with zero attached hydrogens (tertiary/aromatic N) is 3. The number of rotatable bonds is 6. The Labute approximate surface area is 244 Å². The Morgan fingerprint density at radius 3 is 2.15 bits per heavy atom. The zero-order chi connectivity index (χ0) is 27.2. The van der Waals surface area contributed by atoms with E-state index >= 15 is 0 Å². The topological polar surface area (TPSA) is 89.2 Å². The molecule has 2 N–H and O–H groups in total. The van der Waals surface area contributed by atoms with E-state index in [1.165, 1.54) is 38.2 Å². The van der Waals surface area contributed by atoms with Gasteiger partial charge in [-0.25, -0.2) is 9.97 Å². The highest BCUT2D eigenvalue weighted by atomic mass is 32.2. The van der Waals surface area contributed by atoms with Gasteiger partial charge in [0.1, 0.15) is 10.6 Å². The quantitative estimate of drug-likeness (QED) is 0.134. The van der Waals surface area contributed by atoms with Gasteiger partial charge < -0.3 is 5.73 Å². The number of nitrogens with two attached hydrogens (primary N) is 1. The molecule has 7 rings (SSSR count). The van der Waals surface area contributed by atoms with Crippen LogP contribution in [0.3, 0.4) is 0 Å². The van der Waals surface area contributed by atoms with Gasteiger partial charge in [-0.2, -0.15) is 0 Å². The second kappa shape index (κ2) is 10.4. The third kappa shape index (κ3) is 4.38. The number of amides is 2. The molecule has 2 aliphatic rings. The van der Waals surface area contributed by atoms with Crippen molar-refractivity contribution in [3.05, 3.63) is 118 Å². The molecule has 2 aliphatic heterocycles. The number of hydrogen-bond acceptors (Lipinski definition) is 8. The minimum Gasteiger partial charge on any atom is -0.383 e. The molecular formula is C31H24N4O2S3. The number of anilines is 1. The van der Waals surface area contributed by atoms with Crippen LogP contribution in [0.4, 0.5) is 5.82 Å². The van der Waals surface area contributed by atoms with Gasteiger partial charge in [0.25, 0.3) is 11.8 Å². The van der Waals surface area contributed by atoms with Crippen LogP contribution >= 0.6 is 34.9 Å². The van der Waals surface area contributed by atoms with Crippen LogP contribution in [0.25, 0.3) is 10.2 Å². The third-order valence-electron chi connectivity index (χ3n) is 7.32. The highest BCUT2D eigenvalue weighted by Crippen LogP contribution is 2.55. The van der Waals surface area contributed by atoms with E-state index in [9.17, 15) is 9.59 Å². The van der Waals surface area contributed by atoms with E-state index in [2.05, 4.69) is 59.6 Å². The molecule has 5 aromatic rings. The highest BCUT2D eigenvalue weighted by Gasteiger charge is 2.36. The van der Waals surface area contributed by atoms with Crippen LogP contribution in [0.2, 0.25) is 0 Å². The third-order valence-corrected chi connectivity index (χ3v) is 11.0. The Kier molecular flexibility index (Phi) is 6.57. The molecule has 0 bridgehead atoms. The summed E-state index contributed by atoms with van der Waals surface area (Å²) in [6.07, 6.45) is 0.868. The van der Waals surface area contributed by atoms with Gasteiger partial charge in [0.05, 0.1) is 21.8 Å². The molecule has 0 radical (unpaired) electrons. The van der Waals surface area contributed by atoms with E-state index in [4.69, 9.17) is 10.7 Å². The SMILES string of the molecule is Nc1nc(SCCN2C(=O)c3ccccc3C2=O)nc2sc3c(c12)C[C@@H](c1ccccc1)S[C@H]3c1ccccc1. The molecule has 2 aromatic heterocycles. The van der Waals surface area contributed by atoms with Crippen LogP contribution in [-0.2, 0) is 6.42 Å². The van der Waals surface area contributed by atoms with E-state index < -0.39 is 0 Å². The van der Waals surface area contributed by atoms with Crippen molar-refractivity contribution in [2.24, 2.45) is 0 Å². The molecule has 0 aliphatic carbocycles. The van der Waals surface area contributed by atoms with E-state index in [0.717, 1.165) is 16.6 Å². The molecule has 0 spiro atoms. The Balaban J connectivity index is 1.18. The molecule has 40 heavy (non-hydrogen) atoms. The molecule has 198 valence electrons. The zero-order valence-corrected chi connectivity index (χ0v) is 23.8. The molecule has 2 atom stereocenters. The average Bonchev–Trinajstić information content (AvgIpc) is 3.48. The summed E-state index contributed by atoms with van der Waals surface area (Å²) in [5, 5.41) is 1.99. The first-order valence-electron chi connectivity index (χ1n) is 13.0. The second-order valence-electron chi connectivity index (χ2n) is 9.70. The molecule has 0 fully saturated rings. The number of aromatic nitrogens is 2. The number of carbonyl (C=O) groups excluding carboxylic acids is 2. The van der Waals surface area contributed by atoms with Crippen LogP contribution in [0, 0.1) is 0 Å². The van der Waals surface area contributed by atoms with Gasteiger partial charge in [-0.05, 0) is 35.2 Å². The maximum atomic E-state index is 12.7. The van der Waals surface area contributed by atoms with E-state index in [1.807, 2.05) is 17.8 Å². The minimum absolute atomic E-state index is 0.179. The number of thiophene rings is 1. The lowest BCUT2D eigenvalue weighted by molar-refractivity contribution is 0.0664. The number of carbonyl (C=O) groups is 2. The fourth-order valence-electron chi connectivity index (χ4n) is 5.41. The molecular weight excluding hydrogens is 557 g/mol. The zero-order valence-electron chi connectivity index (χ0n) is 21.3. The summed E-state index contributed by atoms with van der Waals surface area (Å²) in [4.78, 5) is 38.5. The first-order valence-corrected chi connectivity index (χ1v) is 15.7.